The number of anilines is 1. The Morgan fingerprint density at radius 1 is 1.41 bits per heavy atom. The summed E-state index contributed by atoms with van der Waals surface area (Å²) in [5.74, 6) is 0.212. The second-order valence-corrected chi connectivity index (χ2v) is 6.33. The van der Waals surface area contributed by atoms with Crippen molar-refractivity contribution in [3.05, 3.63) is 29.6 Å². The Kier molecular flexibility index (Phi) is 5.40. The van der Waals surface area contributed by atoms with Gasteiger partial charge in [0.2, 0.25) is 0 Å². The van der Waals surface area contributed by atoms with Gasteiger partial charge in [-0.1, -0.05) is 6.07 Å². The molecule has 0 bridgehead atoms. The number of piperidine rings is 1. The van der Waals surface area contributed by atoms with E-state index in [9.17, 15) is 9.18 Å². The Hall–Kier alpha value is -1.62. The van der Waals surface area contributed by atoms with Crippen molar-refractivity contribution in [1.82, 2.24) is 9.80 Å². The fourth-order valence-electron chi connectivity index (χ4n) is 2.96. The molecule has 4 nitrogen and oxygen atoms in total. The van der Waals surface area contributed by atoms with E-state index in [4.69, 9.17) is 0 Å². The number of halogens is 1. The molecule has 1 saturated heterocycles. The summed E-state index contributed by atoms with van der Waals surface area (Å²) in [5, 5.41) is 2.82. The minimum absolute atomic E-state index is 0.169. The Morgan fingerprint density at radius 2 is 2.05 bits per heavy atom. The number of carbonyl (C=O) groups is 1. The molecule has 1 heterocycles. The summed E-state index contributed by atoms with van der Waals surface area (Å²) in [6, 6.07) is 4.72. The third-order valence-corrected chi connectivity index (χ3v) is 4.89. The monoisotopic (exact) mass is 307 g/mol. The average molecular weight is 307 g/mol. The number of rotatable bonds is 3. The summed E-state index contributed by atoms with van der Waals surface area (Å²) in [6.07, 6.45) is 2.21. The quantitative estimate of drug-likeness (QED) is 0.930. The van der Waals surface area contributed by atoms with Gasteiger partial charge >= 0.3 is 6.03 Å². The number of amides is 2. The predicted octanol–water partition coefficient (Wildman–Crippen LogP) is 3.33. The molecule has 2 amide bonds. The van der Waals surface area contributed by atoms with Crippen molar-refractivity contribution in [2.24, 2.45) is 5.92 Å². The van der Waals surface area contributed by atoms with E-state index in [0.29, 0.717) is 17.2 Å². The molecule has 5 heteroatoms. The zero-order valence-corrected chi connectivity index (χ0v) is 13.9. The number of carbonyl (C=O) groups excluding carboxylic acids is 1. The maximum Gasteiger partial charge on any atom is 0.321 e. The number of hydrogen-bond acceptors (Lipinski definition) is 2. The van der Waals surface area contributed by atoms with Gasteiger partial charge < -0.3 is 15.1 Å². The Balaban J connectivity index is 1.98. The summed E-state index contributed by atoms with van der Waals surface area (Å²) < 4.78 is 13.5. The highest BCUT2D eigenvalue weighted by Crippen LogP contribution is 2.24. The number of nitrogens with zero attached hydrogens (tertiary/aromatic N) is 2. The van der Waals surface area contributed by atoms with Crippen LogP contribution in [0.5, 0.6) is 0 Å². The maximum atomic E-state index is 13.5. The lowest BCUT2D eigenvalue weighted by molar-refractivity contribution is 0.138. The first-order valence-corrected chi connectivity index (χ1v) is 7.87. The van der Waals surface area contributed by atoms with Gasteiger partial charge in [-0.05, 0) is 64.9 Å². The van der Waals surface area contributed by atoms with Crippen molar-refractivity contribution in [2.45, 2.75) is 32.7 Å². The zero-order chi connectivity index (χ0) is 16.3. The SMILES string of the molecule is Cc1c(F)cccc1NC(=O)N(C)C(C)C1CCN(C)CC1. The smallest absolute Gasteiger partial charge is 0.321 e. The van der Waals surface area contributed by atoms with E-state index in [1.807, 2.05) is 7.05 Å². The van der Waals surface area contributed by atoms with Crippen LogP contribution in [-0.4, -0.2) is 49.1 Å². The minimum atomic E-state index is -0.302. The number of benzene rings is 1. The standard InChI is InChI=1S/C17H26FN3O/c1-12-15(18)6-5-7-16(12)19-17(22)21(4)13(2)14-8-10-20(3)11-9-14/h5-7,13-14H,8-11H2,1-4H3,(H,19,22). The van der Waals surface area contributed by atoms with Gasteiger partial charge in [0, 0.05) is 24.3 Å². The van der Waals surface area contributed by atoms with Gasteiger partial charge in [0.05, 0.1) is 0 Å². The normalized spacial score (nSPS) is 18.0. The lowest BCUT2D eigenvalue weighted by Crippen LogP contribution is -2.45. The van der Waals surface area contributed by atoms with Gasteiger partial charge in [-0.25, -0.2) is 9.18 Å². The van der Waals surface area contributed by atoms with Gasteiger partial charge in [0.15, 0.2) is 0 Å². The molecule has 0 aromatic heterocycles. The molecule has 1 aromatic rings. The van der Waals surface area contributed by atoms with E-state index >= 15 is 0 Å². The van der Waals surface area contributed by atoms with Crippen molar-refractivity contribution < 1.29 is 9.18 Å². The maximum absolute atomic E-state index is 13.5. The molecule has 1 aliphatic rings. The number of urea groups is 1. The summed E-state index contributed by atoms with van der Waals surface area (Å²) in [5.41, 5.74) is 1.00. The summed E-state index contributed by atoms with van der Waals surface area (Å²) in [6.45, 7) is 5.92. The van der Waals surface area contributed by atoms with E-state index in [1.54, 1.807) is 24.0 Å². The second kappa shape index (κ2) is 7.09. The highest BCUT2D eigenvalue weighted by molar-refractivity contribution is 5.90. The van der Waals surface area contributed by atoms with Crippen LogP contribution in [0.1, 0.15) is 25.3 Å². The van der Waals surface area contributed by atoms with Crippen LogP contribution in [0.25, 0.3) is 0 Å². The summed E-state index contributed by atoms with van der Waals surface area (Å²) >= 11 is 0. The van der Waals surface area contributed by atoms with Crippen molar-refractivity contribution in [3.8, 4) is 0 Å². The first kappa shape index (κ1) is 16.7. The average Bonchev–Trinajstić information content (AvgIpc) is 2.51. The summed E-state index contributed by atoms with van der Waals surface area (Å²) in [4.78, 5) is 16.5. The molecule has 1 aromatic carbocycles. The van der Waals surface area contributed by atoms with Gasteiger partial charge in [-0.3, -0.25) is 0 Å². The molecule has 22 heavy (non-hydrogen) atoms. The lowest BCUT2D eigenvalue weighted by Gasteiger charge is -2.37. The topological polar surface area (TPSA) is 35.6 Å². The first-order chi connectivity index (χ1) is 10.4. The molecule has 0 aliphatic carbocycles. The van der Waals surface area contributed by atoms with Crippen molar-refractivity contribution in [1.29, 1.82) is 0 Å². The van der Waals surface area contributed by atoms with Gasteiger partial charge in [0.25, 0.3) is 0 Å². The van der Waals surface area contributed by atoms with Crippen LogP contribution in [0.3, 0.4) is 0 Å². The fourth-order valence-corrected chi connectivity index (χ4v) is 2.96. The Morgan fingerprint density at radius 3 is 2.68 bits per heavy atom. The number of likely N-dealkylation sites (tertiary alicyclic amines) is 1. The van der Waals surface area contributed by atoms with Gasteiger partial charge in [0.1, 0.15) is 5.82 Å². The third kappa shape index (κ3) is 3.77. The first-order valence-electron chi connectivity index (χ1n) is 7.87. The van der Waals surface area contributed by atoms with Crippen molar-refractivity contribution in [3.63, 3.8) is 0 Å². The molecule has 1 atom stereocenters. The minimum Gasteiger partial charge on any atom is -0.325 e. The van der Waals surface area contributed by atoms with E-state index in [2.05, 4.69) is 24.2 Å². The zero-order valence-electron chi connectivity index (χ0n) is 13.9. The van der Waals surface area contributed by atoms with Crippen molar-refractivity contribution in [2.75, 3.05) is 32.5 Å². The number of hydrogen-bond donors (Lipinski definition) is 1. The second-order valence-electron chi connectivity index (χ2n) is 6.33. The highest BCUT2D eigenvalue weighted by Gasteiger charge is 2.27. The molecule has 0 saturated carbocycles. The molecule has 1 N–H and O–H groups in total. The molecule has 122 valence electrons. The predicted molar refractivity (Wildman–Crippen MR) is 87.6 cm³/mol. The highest BCUT2D eigenvalue weighted by atomic mass is 19.1. The van der Waals surface area contributed by atoms with E-state index < -0.39 is 0 Å². The molecule has 2 rings (SSSR count). The lowest BCUT2D eigenvalue weighted by atomic mass is 9.90. The molecular formula is C17H26FN3O. The molecule has 1 unspecified atom stereocenters. The van der Waals surface area contributed by atoms with E-state index in [0.717, 1.165) is 25.9 Å². The van der Waals surface area contributed by atoms with Crippen LogP contribution in [0, 0.1) is 18.7 Å². The molecule has 1 fully saturated rings. The Labute approximate surface area is 132 Å². The van der Waals surface area contributed by atoms with Crippen molar-refractivity contribution >= 4 is 11.7 Å². The third-order valence-electron chi connectivity index (χ3n) is 4.89. The van der Waals surface area contributed by atoms with Gasteiger partial charge in [-0.2, -0.15) is 0 Å². The van der Waals surface area contributed by atoms with Crippen LogP contribution in [-0.2, 0) is 0 Å². The van der Waals surface area contributed by atoms with Crippen LogP contribution in [0.4, 0.5) is 14.9 Å². The molecule has 1 aliphatic heterocycles. The largest absolute Gasteiger partial charge is 0.325 e. The molecule has 0 radical (unpaired) electrons. The molecule has 0 spiro atoms. The summed E-state index contributed by atoms with van der Waals surface area (Å²) in [7, 11) is 3.94. The van der Waals surface area contributed by atoms with E-state index in [1.165, 1.54) is 6.07 Å². The molecular weight excluding hydrogens is 281 g/mol. The van der Waals surface area contributed by atoms with Gasteiger partial charge in [-0.15, -0.1) is 0 Å². The van der Waals surface area contributed by atoms with Crippen LogP contribution in [0.15, 0.2) is 18.2 Å². The Bertz CT molecular complexity index is 527. The number of nitrogens with one attached hydrogen (secondary N) is 1. The van der Waals surface area contributed by atoms with Crippen LogP contribution in [0.2, 0.25) is 0 Å². The fraction of sp³-hybridized carbons (Fsp3) is 0.588. The van der Waals surface area contributed by atoms with Crippen LogP contribution >= 0.6 is 0 Å². The van der Waals surface area contributed by atoms with Crippen LogP contribution < -0.4 is 5.32 Å². The van der Waals surface area contributed by atoms with E-state index in [-0.39, 0.29) is 17.9 Å².